The van der Waals surface area contributed by atoms with Gasteiger partial charge in [-0.15, -0.1) is 0 Å². The third kappa shape index (κ3) is 5.69. The zero-order valence-corrected chi connectivity index (χ0v) is 21.0. The van der Waals surface area contributed by atoms with Crippen LogP contribution in [0.15, 0.2) is 48.8 Å². The Morgan fingerprint density at radius 1 is 0.970 bits per heavy atom. The smallest absolute Gasteiger partial charge is 0.147 e. The van der Waals surface area contributed by atoms with E-state index in [4.69, 9.17) is 0 Å². The van der Waals surface area contributed by atoms with Gasteiger partial charge in [-0.05, 0) is 50.5 Å². The maximum Gasteiger partial charge on any atom is 0.147 e. The van der Waals surface area contributed by atoms with Gasteiger partial charge in [-0.1, -0.05) is 65.2 Å². The molecule has 0 fully saturated rings. The molecule has 0 saturated heterocycles. The molecule has 0 aliphatic rings. The third-order valence-corrected chi connectivity index (χ3v) is 6.62. The molecule has 1 aromatic heterocycles. The predicted molar refractivity (Wildman–Crippen MR) is 132 cm³/mol. The largest absolute Gasteiger partial charge is 0.299 e. The molecule has 3 aromatic rings. The second kappa shape index (κ2) is 11.0. The number of unbranched alkanes of at least 4 members (excludes halogenated alkanes) is 2. The first kappa shape index (κ1) is 26.7. The van der Waals surface area contributed by atoms with Crippen LogP contribution in [0, 0.1) is 18.6 Å². The van der Waals surface area contributed by atoms with Crippen molar-refractivity contribution < 1.29 is 13.2 Å². The van der Waals surface area contributed by atoms with E-state index in [9.17, 15) is 4.39 Å². The van der Waals surface area contributed by atoms with E-state index in [1.165, 1.54) is 39.2 Å². The van der Waals surface area contributed by atoms with E-state index >= 15 is 8.78 Å². The SMILES string of the molecule is CCC(C)(c1cc(F)cc(F)c1-c1nccn1-c1ccccc1C)C(C)(C)F.CCCCC. The summed E-state index contributed by atoms with van der Waals surface area (Å²) in [6.07, 6.45) is 7.75. The van der Waals surface area contributed by atoms with E-state index < -0.39 is 22.7 Å². The Bertz CT molecular complexity index is 1050. The maximum absolute atomic E-state index is 15.2. The molecule has 0 saturated carbocycles. The Morgan fingerprint density at radius 3 is 2.12 bits per heavy atom. The summed E-state index contributed by atoms with van der Waals surface area (Å²) in [5, 5.41) is 0. The number of nitrogens with zero attached hydrogens (tertiary/aromatic N) is 2. The topological polar surface area (TPSA) is 17.8 Å². The number of para-hydroxylation sites is 1. The number of aromatic nitrogens is 2. The molecule has 0 spiro atoms. The number of alkyl halides is 1. The molecular weight excluding hydrogens is 421 g/mol. The highest BCUT2D eigenvalue weighted by atomic mass is 19.1. The highest BCUT2D eigenvalue weighted by Crippen LogP contribution is 2.45. The van der Waals surface area contributed by atoms with Crippen molar-refractivity contribution in [2.75, 3.05) is 0 Å². The van der Waals surface area contributed by atoms with Gasteiger partial charge in [0, 0.05) is 29.6 Å². The average molecular weight is 459 g/mol. The highest BCUT2D eigenvalue weighted by molar-refractivity contribution is 5.67. The van der Waals surface area contributed by atoms with Crippen molar-refractivity contribution in [2.45, 2.75) is 85.2 Å². The van der Waals surface area contributed by atoms with Crippen LogP contribution < -0.4 is 0 Å². The Balaban J connectivity index is 0.000000696. The maximum atomic E-state index is 15.2. The van der Waals surface area contributed by atoms with Gasteiger partial charge in [0.2, 0.25) is 0 Å². The number of aryl methyl sites for hydroxylation is 1. The Kier molecular flexibility index (Phi) is 8.93. The Hall–Kier alpha value is -2.56. The van der Waals surface area contributed by atoms with Gasteiger partial charge in [-0.2, -0.15) is 0 Å². The summed E-state index contributed by atoms with van der Waals surface area (Å²) in [6, 6.07) is 9.71. The van der Waals surface area contributed by atoms with Crippen LogP contribution in [0.1, 0.15) is 78.4 Å². The van der Waals surface area contributed by atoms with Crippen molar-refractivity contribution in [3.63, 3.8) is 0 Å². The van der Waals surface area contributed by atoms with Crippen molar-refractivity contribution in [3.8, 4) is 17.1 Å². The first-order valence-electron chi connectivity index (χ1n) is 11.8. The van der Waals surface area contributed by atoms with Crippen LogP contribution >= 0.6 is 0 Å². The minimum atomic E-state index is -1.70. The molecule has 0 aliphatic heterocycles. The van der Waals surface area contributed by atoms with Crippen molar-refractivity contribution in [1.82, 2.24) is 9.55 Å². The summed E-state index contributed by atoms with van der Waals surface area (Å²) < 4.78 is 46.3. The van der Waals surface area contributed by atoms with E-state index in [-0.39, 0.29) is 11.1 Å². The van der Waals surface area contributed by atoms with Crippen molar-refractivity contribution in [2.24, 2.45) is 0 Å². The molecular formula is C28H37F3N2. The first-order valence-corrected chi connectivity index (χ1v) is 11.8. The van der Waals surface area contributed by atoms with E-state index in [0.29, 0.717) is 12.2 Å². The molecule has 0 bridgehead atoms. The summed E-state index contributed by atoms with van der Waals surface area (Å²) in [5.74, 6) is -1.15. The minimum absolute atomic E-state index is 0.129. The highest BCUT2D eigenvalue weighted by Gasteiger charge is 2.44. The fourth-order valence-corrected chi connectivity index (χ4v) is 4.04. The van der Waals surface area contributed by atoms with Crippen LogP contribution in [0.5, 0.6) is 0 Å². The van der Waals surface area contributed by atoms with Crippen molar-refractivity contribution >= 4 is 0 Å². The number of rotatable bonds is 7. The minimum Gasteiger partial charge on any atom is -0.299 e. The lowest BCUT2D eigenvalue weighted by atomic mass is 9.68. The lowest BCUT2D eigenvalue weighted by Gasteiger charge is -2.39. The lowest BCUT2D eigenvalue weighted by molar-refractivity contribution is 0.0973. The molecule has 0 N–H and O–H groups in total. The van der Waals surface area contributed by atoms with E-state index in [1.54, 1.807) is 23.9 Å². The van der Waals surface area contributed by atoms with Crippen LogP contribution in [0.2, 0.25) is 0 Å². The summed E-state index contributed by atoms with van der Waals surface area (Å²) in [5.41, 5.74) is -0.576. The quantitative estimate of drug-likeness (QED) is 0.346. The second-order valence-corrected chi connectivity index (χ2v) is 9.23. The molecule has 0 amide bonds. The van der Waals surface area contributed by atoms with E-state index in [0.717, 1.165) is 17.3 Å². The molecule has 2 nitrogen and oxygen atoms in total. The standard InChI is InChI=1S/C23H25F3N2.C5H12/c1-6-23(5,22(3,4)26)17-13-16(24)14-18(25)20(17)21-27-11-12-28(21)19-10-8-7-9-15(19)2;1-3-5-4-2/h7-14H,6H2,1-5H3;3-5H2,1-2H3. The Labute approximate surface area is 196 Å². The van der Waals surface area contributed by atoms with E-state index in [2.05, 4.69) is 18.8 Å². The van der Waals surface area contributed by atoms with Gasteiger partial charge < -0.3 is 0 Å². The van der Waals surface area contributed by atoms with Gasteiger partial charge in [0.1, 0.15) is 23.1 Å². The van der Waals surface area contributed by atoms with Gasteiger partial charge in [-0.3, -0.25) is 4.57 Å². The summed E-state index contributed by atoms with van der Waals surface area (Å²) >= 11 is 0. The van der Waals surface area contributed by atoms with Gasteiger partial charge in [0.15, 0.2) is 0 Å². The molecule has 3 rings (SSSR count). The van der Waals surface area contributed by atoms with Gasteiger partial charge >= 0.3 is 0 Å². The number of imidazole rings is 1. The van der Waals surface area contributed by atoms with Crippen LogP contribution in [-0.2, 0) is 5.41 Å². The molecule has 0 radical (unpaired) electrons. The number of hydrogen-bond acceptors (Lipinski definition) is 1. The van der Waals surface area contributed by atoms with Gasteiger partial charge in [0.25, 0.3) is 0 Å². The molecule has 2 aromatic carbocycles. The third-order valence-electron chi connectivity index (χ3n) is 6.62. The monoisotopic (exact) mass is 458 g/mol. The van der Waals surface area contributed by atoms with Crippen LogP contribution in [0.3, 0.4) is 0 Å². The van der Waals surface area contributed by atoms with Crippen LogP contribution in [-0.4, -0.2) is 15.2 Å². The summed E-state index contributed by atoms with van der Waals surface area (Å²) in [6.45, 7) is 12.8. The normalized spacial score (nSPS) is 13.3. The fourth-order valence-electron chi connectivity index (χ4n) is 4.04. The molecule has 1 heterocycles. The number of hydrogen-bond donors (Lipinski definition) is 0. The molecule has 1 unspecified atom stereocenters. The molecule has 1 atom stereocenters. The van der Waals surface area contributed by atoms with Crippen LogP contribution in [0.4, 0.5) is 13.2 Å². The zero-order valence-electron chi connectivity index (χ0n) is 21.0. The first-order chi connectivity index (χ1) is 15.5. The summed E-state index contributed by atoms with van der Waals surface area (Å²) in [4.78, 5) is 4.36. The molecule has 33 heavy (non-hydrogen) atoms. The molecule has 180 valence electrons. The zero-order chi connectivity index (χ0) is 24.8. The number of benzene rings is 2. The Morgan fingerprint density at radius 2 is 1.61 bits per heavy atom. The number of halogens is 3. The fraction of sp³-hybridized carbons (Fsp3) is 0.464. The van der Waals surface area contributed by atoms with Crippen molar-refractivity contribution in [3.05, 3.63) is 71.6 Å². The van der Waals surface area contributed by atoms with Gasteiger partial charge in [0.05, 0.1) is 5.56 Å². The van der Waals surface area contributed by atoms with Gasteiger partial charge in [-0.25, -0.2) is 18.2 Å². The van der Waals surface area contributed by atoms with Crippen LogP contribution in [0.25, 0.3) is 17.1 Å². The predicted octanol–water partition coefficient (Wildman–Crippen LogP) is 8.74. The lowest BCUT2D eigenvalue weighted by Crippen LogP contribution is -2.41. The van der Waals surface area contributed by atoms with E-state index in [1.807, 2.05) is 38.1 Å². The average Bonchev–Trinajstić information content (AvgIpc) is 3.22. The molecule has 0 aliphatic carbocycles. The summed E-state index contributed by atoms with van der Waals surface area (Å²) in [7, 11) is 0. The van der Waals surface area contributed by atoms with Crippen molar-refractivity contribution in [1.29, 1.82) is 0 Å². The second-order valence-electron chi connectivity index (χ2n) is 9.23. The molecule has 5 heteroatoms.